The Morgan fingerprint density at radius 1 is 1.10 bits per heavy atom. The van der Waals surface area contributed by atoms with Gasteiger partial charge in [-0.05, 0) is 26.0 Å². The van der Waals surface area contributed by atoms with Crippen molar-refractivity contribution in [3.05, 3.63) is 35.4 Å². The monoisotopic (exact) mass is 277 g/mol. The van der Waals surface area contributed by atoms with E-state index < -0.39 is 0 Å². The van der Waals surface area contributed by atoms with Crippen LogP contribution in [0.25, 0.3) is 0 Å². The maximum absolute atomic E-state index is 6.07. The summed E-state index contributed by atoms with van der Waals surface area (Å²) in [5.41, 5.74) is 2.58. The summed E-state index contributed by atoms with van der Waals surface area (Å²) in [6.07, 6.45) is 8.04. The minimum Gasteiger partial charge on any atom is -0.372 e. The summed E-state index contributed by atoms with van der Waals surface area (Å²) in [7, 11) is 1.98. The molecule has 1 N–H and O–H groups in total. The zero-order chi connectivity index (χ0) is 14.6. The molecule has 1 atom stereocenters. The Morgan fingerprint density at radius 3 is 2.55 bits per heavy atom. The topological polar surface area (TPSA) is 21.3 Å². The van der Waals surface area contributed by atoms with E-state index in [0.717, 1.165) is 13.2 Å². The Morgan fingerprint density at radius 2 is 1.85 bits per heavy atom. The van der Waals surface area contributed by atoms with Crippen molar-refractivity contribution < 1.29 is 4.74 Å². The Kier molecular flexibility index (Phi) is 9.35. The molecule has 114 valence electrons. The fraction of sp³-hybridized carbons (Fsp3) is 0.667. The van der Waals surface area contributed by atoms with Gasteiger partial charge in [0.05, 0.1) is 6.10 Å². The number of benzene rings is 1. The van der Waals surface area contributed by atoms with Gasteiger partial charge in [-0.3, -0.25) is 0 Å². The molecule has 1 unspecified atom stereocenters. The number of hydrogen-bond donors (Lipinski definition) is 1. The SMILES string of the molecule is CCCCCCCCOC(CNC)c1cccc(C)c1. The molecule has 0 bridgehead atoms. The predicted molar refractivity (Wildman–Crippen MR) is 87.2 cm³/mol. The van der Waals surface area contributed by atoms with Gasteiger partial charge in [0.2, 0.25) is 0 Å². The van der Waals surface area contributed by atoms with Gasteiger partial charge in [0.1, 0.15) is 0 Å². The highest BCUT2D eigenvalue weighted by Crippen LogP contribution is 2.18. The molecule has 2 nitrogen and oxygen atoms in total. The molecule has 0 saturated heterocycles. The third-order valence-electron chi connectivity index (χ3n) is 3.62. The van der Waals surface area contributed by atoms with E-state index in [2.05, 4.69) is 43.4 Å². The van der Waals surface area contributed by atoms with Crippen LogP contribution in [0, 0.1) is 6.92 Å². The summed E-state index contributed by atoms with van der Waals surface area (Å²) in [4.78, 5) is 0. The predicted octanol–water partition coefficient (Wildman–Crippen LogP) is 4.63. The highest BCUT2D eigenvalue weighted by atomic mass is 16.5. The molecular weight excluding hydrogens is 246 g/mol. The number of unbranched alkanes of at least 4 members (excludes halogenated alkanes) is 5. The number of likely N-dealkylation sites (N-methyl/N-ethyl adjacent to an activating group) is 1. The van der Waals surface area contributed by atoms with Crippen LogP contribution in [-0.4, -0.2) is 20.2 Å². The van der Waals surface area contributed by atoms with Gasteiger partial charge in [-0.1, -0.05) is 68.9 Å². The molecule has 0 fully saturated rings. The quantitative estimate of drug-likeness (QED) is 0.595. The molecule has 20 heavy (non-hydrogen) atoms. The van der Waals surface area contributed by atoms with E-state index in [1.807, 2.05) is 7.05 Å². The second kappa shape index (κ2) is 10.9. The van der Waals surface area contributed by atoms with Crippen LogP contribution in [0.2, 0.25) is 0 Å². The van der Waals surface area contributed by atoms with Crippen molar-refractivity contribution in [3.63, 3.8) is 0 Å². The summed E-state index contributed by atoms with van der Waals surface area (Å²) < 4.78 is 6.07. The zero-order valence-electron chi connectivity index (χ0n) is 13.5. The normalized spacial score (nSPS) is 12.6. The molecule has 2 heteroatoms. The first-order valence-electron chi connectivity index (χ1n) is 8.10. The van der Waals surface area contributed by atoms with Crippen molar-refractivity contribution in [1.82, 2.24) is 5.32 Å². The fourth-order valence-electron chi connectivity index (χ4n) is 2.44. The van der Waals surface area contributed by atoms with Crippen molar-refractivity contribution in [2.75, 3.05) is 20.2 Å². The van der Waals surface area contributed by atoms with E-state index in [1.54, 1.807) is 0 Å². The van der Waals surface area contributed by atoms with Gasteiger partial charge < -0.3 is 10.1 Å². The van der Waals surface area contributed by atoms with Crippen molar-refractivity contribution in [3.8, 4) is 0 Å². The number of nitrogens with one attached hydrogen (secondary N) is 1. The summed E-state index contributed by atoms with van der Waals surface area (Å²) in [5, 5.41) is 3.23. The molecule has 0 amide bonds. The van der Waals surface area contributed by atoms with Gasteiger partial charge in [0.25, 0.3) is 0 Å². The van der Waals surface area contributed by atoms with E-state index in [0.29, 0.717) is 0 Å². The van der Waals surface area contributed by atoms with Crippen LogP contribution in [0.4, 0.5) is 0 Å². The Hall–Kier alpha value is -0.860. The molecule has 0 aliphatic carbocycles. The zero-order valence-corrected chi connectivity index (χ0v) is 13.5. The number of rotatable bonds is 11. The van der Waals surface area contributed by atoms with Gasteiger partial charge in [-0.25, -0.2) is 0 Å². The minimum atomic E-state index is 0.176. The highest BCUT2D eigenvalue weighted by molar-refractivity contribution is 5.24. The molecule has 1 aromatic rings. The summed E-state index contributed by atoms with van der Waals surface area (Å²) >= 11 is 0. The van der Waals surface area contributed by atoms with Crippen LogP contribution in [0.5, 0.6) is 0 Å². The van der Waals surface area contributed by atoms with Gasteiger partial charge in [-0.2, -0.15) is 0 Å². The molecule has 1 rings (SSSR count). The molecule has 0 spiro atoms. The molecular formula is C18H31NO. The largest absolute Gasteiger partial charge is 0.372 e. The van der Waals surface area contributed by atoms with Gasteiger partial charge in [0.15, 0.2) is 0 Å². The van der Waals surface area contributed by atoms with E-state index in [4.69, 9.17) is 4.74 Å². The first-order valence-corrected chi connectivity index (χ1v) is 8.10. The van der Waals surface area contributed by atoms with Crippen LogP contribution in [0.15, 0.2) is 24.3 Å². The number of aryl methyl sites for hydroxylation is 1. The second-order valence-corrected chi connectivity index (χ2v) is 5.60. The van der Waals surface area contributed by atoms with Crippen LogP contribution in [0.3, 0.4) is 0 Å². The van der Waals surface area contributed by atoms with Crippen molar-refractivity contribution in [2.24, 2.45) is 0 Å². The fourth-order valence-corrected chi connectivity index (χ4v) is 2.44. The third-order valence-corrected chi connectivity index (χ3v) is 3.62. The molecule has 0 aliphatic rings. The van der Waals surface area contributed by atoms with Crippen LogP contribution in [0.1, 0.15) is 62.7 Å². The Bertz CT molecular complexity index is 351. The lowest BCUT2D eigenvalue weighted by Crippen LogP contribution is -2.20. The molecule has 0 saturated carbocycles. The Balaban J connectivity index is 2.29. The summed E-state index contributed by atoms with van der Waals surface area (Å²) in [6.45, 7) is 6.13. The minimum absolute atomic E-state index is 0.176. The van der Waals surface area contributed by atoms with Crippen molar-refractivity contribution >= 4 is 0 Å². The maximum Gasteiger partial charge on any atom is 0.0949 e. The highest BCUT2D eigenvalue weighted by Gasteiger charge is 2.10. The van der Waals surface area contributed by atoms with E-state index in [9.17, 15) is 0 Å². The first kappa shape index (κ1) is 17.2. The van der Waals surface area contributed by atoms with Crippen LogP contribution in [-0.2, 0) is 4.74 Å². The average Bonchev–Trinajstić information content (AvgIpc) is 2.45. The maximum atomic E-state index is 6.07. The van der Waals surface area contributed by atoms with Crippen LogP contribution < -0.4 is 5.32 Å². The second-order valence-electron chi connectivity index (χ2n) is 5.60. The van der Waals surface area contributed by atoms with Gasteiger partial charge in [-0.15, -0.1) is 0 Å². The molecule has 0 aliphatic heterocycles. The molecule has 0 aromatic heterocycles. The van der Waals surface area contributed by atoms with Crippen LogP contribution >= 0.6 is 0 Å². The summed E-state index contributed by atoms with van der Waals surface area (Å²) in [5.74, 6) is 0. The van der Waals surface area contributed by atoms with Gasteiger partial charge in [0, 0.05) is 13.2 Å². The smallest absolute Gasteiger partial charge is 0.0949 e. The molecule has 0 radical (unpaired) electrons. The molecule has 0 heterocycles. The standard InChI is InChI=1S/C18H31NO/c1-4-5-6-7-8-9-13-20-18(15-19-3)17-12-10-11-16(2)14-17/h10-12,14,18-19H,4-9,13,15H2,1-3H3. The van der Waals surface area contributed by atoms with Gasteiger partial charge >= 0.3 is 0 Å². The van der Waals surface area contributed by atoms with E-state index >= 15 is 0 Å². The lowest BCUT2D eigenvalue weighted by atomic mass is 10.1. The van der Waals surface area contributed by atoms with E-state index in [-0.39, 0.29) is 6.10 Å². The average molecular weight is 277 g/mol. The summed E-state index contributed by atoms with van der Waals surface area (Å²) in [6, 6.07) is 8.63. The number of ether oxygens (including phenoxy) is 1. The van der Waals surface area contributed by atoms with E-state index in [1.165, 1.54) is 49.7 Å². The third kappa shape index (κ3) is 7.06. The first-order chi connectivity index (χ1) is 9.77. The Labute approximate surface area is 124 Å². The van der Waals surface area contributed by atoms with Crippen molar-refractivity contribution in [1.29, 1.82) is 0 Å². The van der Waals surface area contributed by atoms with Crippen molar-refractivity contribution in [2.45, 2.75) is 58.5 Å². The molecule has 1 aromatic carbocycles. The lowest BCUT2D eigenvalue weighted by Gasteiger charge is -2.18. The number of hydrogen-bond acceptors (Lipinski definition) is 2. The lowest BCUT2D eigenvalue weighted by molar-refractivity contribution is 0.0511.